The first kappa shape index (κ1) is 57.1. The standard InChI is InChI=1S/C53H100O6/c1-4-7-10-13-16-19-21-22-23-24-25-26-27-28-29-30-31-33-34-37-40-43-46-52(55)58-49-50(48-57-51(54)45-42-39-36-18-15-12-9-6-3)59-53(56)47-44-41-38-35-32-20-17-14-11-8-5-2/h14,17,50H,4-13,15-16,18-49H2,1-3H3/b17-14-. The minimum absolute atomic E-state index is 0.0688. The van der Waals surface area contributed by atoms with Crippen LogP contribution in [0.25, 0.3) is 0 Å². The van der Waals surface area contributed by atoms with E-state index in [-0.39, 0.29) is 31.1 Å². The van der Waals surface area contributed by atoms with E-state index in [1.807, 2.05) is 0 Å². The van der Waals surface area contributed by atoms with Gasteiger partial charge in [-0.25, -0.2) is 0 Å². The zero-order chi connectivity index (χ0) is 43.0. The molecule has 6 heteroatoms. The van der Waals surface area contributed by atoms with Crippen LogP contribution in [0.15, 0.2) is 12.2 Å². The second kappa shape index (κ2) is 48.8. The molecule has 1 unspecified atom stereocenters. The molecule has 0 aromatic heterocycles. The molecule has 0 saturated heterocycles. The smallest absolute Gasteiger partial charge is 0.306 e. The number of esters is 3. The van der Waals surface area contributed by atoms with Gasteiger partial charge in [-0.05, 0) is 38.5 Å². The van der Waals surface area contributed by atoms with Gasteiger partial charge in [-0.2, -0.15) is 0 Å². The monoisotopic (exact) mass is 833 g/mol. The van der Waals surface area contributed by atoms with E-state index in [2.05, 4.69) is 32.9 Å². The van der Waals surface area contributed by atoms with Crippen molar-refractivity contribution in [3.63, 3.8) is 0 Å². The first-order chi connectivity index (χ1) is 29.0. The van der Waals surface area contributed by atoms with Gasteiger partial charge in [0.1, 0.15) is 13.2 Å². The van der Waals surface area contributed by atoms with Crippen molar-refractivity contribution >= 4 is 17.9 Å². The molecule has 6 nitrogen and oxygen atoms in total. The Labute approximate surface area is 367 Å². The molecule has 0 radical (unpaired) electrons. The van der Waals surface area contributed by atoms with Gasteiger partial charge in [-0.1, -0.05) is 245 Å². The predicted octanol–water partition coefficient (Wildman–Crippen LogP) is 17.0. The summed E-state index contributed by atoms with van der Waals surface area (Å²) in [4.78, 5) is 37.8. The van der Waals surface area contributed by atoms with Crippen LogP contribution >= 0.6 is 0 Å². The molecule has 0 aromatic carbocycles. The fraction of sp³-hybridized carbons (Fsp3) is 0.906. The highest BCUT2D eigenvalue weighted by atomic mass is 16.6. The molecule has 0 spiro atoms. The summed E-state index contributed by atoms with van der Waals surface area (Å²) in [5.74, 6) is -0.869. The average Bonchev–Trinajstić information content (AvgIpc) is 3.23. The van der Waals surface area contributed by atoms with Crippen molar-refractivity contribution in [2.24, 2.45) is 0 Å². The van der Waals surface area contributed by atoms with Crippen LogP contribution in [0.3, 0.4) is 0 Å². The van der Waals surface area contributed by atoms with Crippen molar-refractivity contribution in [3.05, 3.63) is 12.2 Å². The minimum Gasteiger partial charge on any atom is -0.462 e. The van der Waals surface area contributed by atoms with Gasteiger partial charge in [0.05, 0.1) is 0 Å². The van der Waals surface area contributed by atoms with Gasteiger partial charge in [0.2, 0.25) is 0 Å². The van der Waals surface area contributed by atoms with Crippen molar-refractivity contribution in [3.8, 4) is 0 Å². The predicted molar refractivity (Wildman–Crippen MR) is 252 cm³/mol. The molecule has 0 rings (SSSR count). The van der Waals surface area contributed by atoms with E-state index in [0.717, 1.165) is 64.2 Å². The van der Waals surface area contributed by atoms with Gasteiger partial charge in [0.25, 0.3) is 0 Å². The third-order valence-corrected chi connectivity index (χ3v) is 11.8. The lowest BCUT2D eigenvalue weighted by atomic mass is 10.0. The molecule has 0 aliphatic heterocycles. The molecular formula is C53H100O6. The van der Waals surface area contributed by atoms with Crippen LogP contribution in [0.5, 0.6) is 0 Å². The molecule has 0 N–H and O–H groups in total. The zero-order valence-corrected chi connectivity index (χ0v) is 39.8. The lowest BCUT2D eigenvalue weighted by Gasteiger charge is -2.18. The summed E-state index contributed by atoms with van der Waals surface area (Å²) < 4.78 is 16.7. The number of hydrogen-bond donors (Lipinski definition) is 0. The van der Waals surface area contributed by atoms with E-state index >= 15 is 0 Å². The third kappa shape index (κ3) is 47.1. The van der Waals surface area contributed by atoms with E-state index in [9.17, 15) is 14.4 Å². The van der Waals surface area contributed by atoms with Gasteiger partial charge in [0, 0.05) is 19.3 Å². The molecule has 0 amide bonds. The molecule has 59 heavy (non-hydrogen) atoms. The maximum Gasteiger partial charge on any atom is 0.306 e. The van der Waals surface area contributed by atoms with Crippen LogP contribution in [0.1, 0.15) is 290 Å². The molecule has 0 bridgehead atoms. The van der Waals surface area contributed by atoms with E-state index in [1.165, 1.54) is 186 Å². The van der Waals surface area contributed by atoms with Gasteiger partial charge in [-0.3, -0.25) is 14.4 Å². The summed E-state index contributed by atoms with van der Waals surface area (Å²) >= 11 is 0. The zero-order valence-electron chi connectivity index (χ0n) is 39.8. The maximum absolute atomic E-state index is 12.7. The minimum atomic E-state index is -0.766. The highest BCUT2D eigenvalue weighted by Gasteiger charge is 2.19. The van der Waals surface area contributed by atoms with E-state index in [0.29, 0.717) is 19.3 Å². The Balaban J connectivity index is 4.12. The summed E-state index contributed by atoms with van der Waals surface area (Å²) in [5, 5.41) is 0. The van der Waals surface area contributed by atoms with Crippen molar-refractivity contribution in [2.75, 3.05) is 13.2 Å². The number of carbonyl (C=O) groups excluding carboxylic acids is 3. The number of unbranched alkanes of at least 4 members (excludes halogenated alkanes) is 35. The Kier molecular flexibility index (Phi) is 47.3. The SMILES string of the molecule is CCCC/C=C\CCCCCCCC(=O)OC(COC(=O)CCCCCCCCCC)COC(=O)CCCCCCCCCCCCCCCCCCCCCCCC. The largest absolute Gasteiger partial charge is 0.462 e. The van der Waals surface area contributed by atoms with Crippen molar-refractivity contribution in [1.29, 1.82) is 0 Å². The van der Waals surface area contributed by atoms with Gasteiger partial charge < -0.3 is 14.2 Å². The molecule has 0 aliphatic rings. The normalized spacial score (nSPS) is 12.0. The molecule has 0 aliphatic carbocycles. The van der Waals surface area contributed by atoms with Gasteiger partial charge >= 0.3 is 17.9 Å². The van der Waals surface area contributed by atoms with Crippen LogP contribution in [0, 0.1) is 0 Å². The lowest BCUT2D eigenvalue weighted by molar-refractivity contribution is -0.167. The summed E-state index contributed by atoms with van der Waals surface area (Å²) in [7, 11) is 0. The first-order valence-corrected chi connectivity index (χ1v) is 26.2. The maximum atomic E-state index is 12.7. The second-order valence-corrected chi connectivity index (χ2v) is 17.8. The second-order valence-electron chi connectivity index (χ2n) is 17.8. The summed E-state index contributed by atoms with van der Waals surface area (Å²) in [6, 6.07) is 0. The Bertz CT molecular complexity index is 916. The third-order valence-electron chi connectivity index (χ3n) is 11.8. The van der Waals surface area contributed by atoms with Gasteiger partial charge in [0.15, 0.2) is 6.10 Å². The molecule has 348 valence electrons. The topological polar surface area (TPSA) is 78.9 Å². The number of ether oxygens (including phenoxy) is 3. The van der Waals surface area contributed by atoms with Crippen molar-refractivity contribution in [1.82, 2.24) is 0 Å². The molecule has 1 atom stereocenters. The molecule has 0 saturated carbocycles. The Hall–Kier alpha value is -1.85. The lowest BCUT2D eigenvalue weighted by Crippen LogP contribution is -2.30. The summed E-state index contributed by atoms with van der Waals surface area (Å²) in [5.41, 5.74) is 0. The number of allylic oxidation sites excluding steroid dienone is 2. The van der Waals surface area contributed by atoms with E-state index in [1.54, 1.807) is 0 Å². The quantitative estimate of drug-likeness (QED) is 0.0263. The van der Waals surface area contributed by atoms with Gasteiger partial charge in [-0.15, -0.1) is 0 Å². The fourth-order valence-electron chi connectivity index (χ4n) is 7.78. The Morgan fingerprint density at radius 3 is 0.898 bits per heavy atom. The fourth-order valence-corrected chi connectivity index (χ4v) is 7.78. The van der Waals surface area contributed by atoms with Crippen LogP contribution < -0.4 is 0 Å². The molecule has 0 aromatic rings. The molecule has 0 heterocycles. The summed E-state index contributed by atoms with van der Waals surface area (Å²) in [6.07, 6.45) is 53.6. The Morgan fingerprint density at radius 2 is 0.576 bits per heavy atom. The van der Waals surface area contributed by atoms with E-state index in [4.69, 9.17) is 14.2 Å². The van der Waals surface area contributed by atoms with Crippen LogP contribution in [-0.2, 0) is 28.6 Å². The highest BCUT2D eigenvalue weighted by molar-refractivity contribution is 5.71. The van der Waals surface area contributed by atoms with Crippen molar-refractivity contribution < 1.29 is 28.6 Å². The number of rotatable bonds is 48. The molecular weight excluding hydrogens is 733 g/mol. The number of hydrogen-bond acceptors (Lipinski definition) is 6. The Morgan fingerprint density at radius 1 is 0.322 bits per heavy atom. The number of carbonyl (C=O) groups is 3. The highest BCUT2D eigenvalue weighted by Crippen LogP contribution is 2.17. The first-order valence-electron chi connectivity index (χ1n) is 26.2. The molecule has 0 fully saturated rings. The van der Waals surface area contributed by atoms with Crippen LogP contribution in [0.2, 0.25) is 0 Å². The van der Waals surface area contributed by atoms with E-state index < -0.39 is 6.10 Å². The average molecular weight is 833 g/mol. The van der Waals surface area contributed by atoms with Crippen LogP contribution in [0.4, 0.5) is 0 Å². The summed E-state index contributed by atoms with van der Waals surface area (Å²) in [6.45, 7) is 6.60. The van der Waals surface area contributed by atoms with Crippen molar-refractivity contribution in [2.45, 2.75) is 297 Å². The van der Waals surface area contributed by atoms with Crippen LogP contribution in [-0.4, -0.2) is 37.2 Å².